The quantitative estimate of drug-likeness (QED) is 0.117. The van der Waals surface area contributed by atoms with Crippen molar-refractivity contribution in [3.63, 3.8) is 0 Å². The van der Waals surface area contributed by atoms with Gasteiger partial charge in [-0.3, -0.25) is 38.4 Å². The standard InChI is InChI=1S/C48H68N8O11/c1-26(2)22-36-47(65)56-21-11-14-37(56)45(63)52-34(24-30-12-9-8-10-13-30)43(61)51-35(25-31-15-17-32(57)18-16-31)44(62)54-40(28(5)6)48(66)67-29(7)41(46(64)53-36)55-42(60)33(19-20-38(49)58)50-39(59)23-27(3)4/h8-10,12-13,15-18,26-29,33-37,40-41,57H,11,14,19-25H2,1-7H3,(H2,49,58)(H,50,59)(H,51,61)(H,52,63)(H,53,64)(H,54,62)(H,55,60)/t29-,33+,34+,35+,36+,37-,40+,41+/m1/s1. The Kier molecular flexibility index (Phi) is 19.7. The number of amides is 8. The molecular weight excluding hydrogens is 865 g/mol. The minimum atomic E-state index is -1.71. The van der Waals surface area contributed by atoms with Crippen molar-refractivity contribution in [1.82, 2.24) is 36.8 Å². The molecule has 0 aromatic heterocycles. The van der Waals surface area contributed by atoms with E-state index in [1.807, 2.05) is 13.8 Å². The maximum atomic E-state index is 14.6. The summed E-state index contributed by atoms with van der Waals surface area (Å²) in [5.74, 6) is -7.77. The maximum absolute atomic E-state index is 14.6. The van der Waals surface area contributed by atoms with Crippen molar-refractivity contribution in [2.24, 2.45) is 23.5 Å². The molecule has 2 aliphatic heterocycles. The first-order valence-corrected chi connectivity index (χ1v) is 23.1. The number of nitrogens with zero attached hydrogens (tertiary/aromatic N) is 1. The number of nitrogens with two attached hydrogens (primary N) is 1. The van der Waals surface area contributed by atoms with Crippen LogP contribution in [0.3, 0.4) is 0 Å². The Morgan fingerprint density at radius 1 is 0.776 bits per heavy atom. The summed E-state index contributed by atoms with van der Waals surface area (Å²) in [6.07, 6.45) is -1.30. The second-order valence-electron chi connectivity index (χ2n) is 18.6. The lowest BCUT2D eigenvalue weighted by molar-refractivity contribution is -0.157. The van der Waals surface area contributed by atoms with E-state index in [2.05, 4.69) is 31.9 Å². The zero-order valence-electron chi connectivity index (χ0n) is 39.5. The average molecular weight is 933 g/mol. The number of primary amides is 1. The number of hydrogen-bond acceptors (Lipinski definition) is 11. The fraction of sp³-hybridized carbons (Fsp3) is 0.562. The number of phenolic OH excluding ortho intramolecular Hbond substituents is 1. The van der Waals surface area contributed by atoms with Crippen LogP contribution in [0.2, 0.25) is 0 Å². The molecule has 8 amide bonds. The first kappa shape index (κ1) is 53.1. The molecule has 0 saturated carbocycles. The Labute approximate surface area is 391 Å². The molecule has 0 spiro atoms. The second-order valence-corrected chi connectivity index (χ2v) is 18.6. The van der Waals surface area contributed by atoms with E-state index in [0.717, 1.165) is 0 Å². The number of aromatic hydroxyl groups is 1. The molecule has 2 aromatic carbocycles. The zero-order valence-corrected chi connectivity index (χ0v) is 39.5. The Bertz CT molecular complexity index is 2080. The number of hydrogen-bond donors (Lipinski definition) is 8. The highest BCUT2D eigenvalue weighted by molar-refractivity contribution is 5.98. The lowest BCUT2D eigenvalue weighted by Gasteiger charge is -2.32. The van der Waals surface area contributed by atoms with Gasteiger partial charge in [-0.1, -0.05) is 84.0 Å². The molecule has 0 aliphatic carbocycles. The first-order valence-electron chi connectivity index (χ1n) is 23.1. The molecule has 19 nitrogen and oxygen atoms in total. The number of benzene rings is 2. The van der Waals surface area contributed by atoms with Crippen molar-refractivity contribution in [2.45, 2.75) is 148 Å². The third kappa shape index (κ3) is 16.1. The number of fused-ring (bicyclic) bond motifs is 1. The van der Waals surface area contributed by atoms with Gasteiger partial charge in [0, 0.05) is 32.2 Å². The third-order valence-electron chi connectivity index (χ3n) is 11.6. The predicted molar refractivity (Wildman–Crippen MR) is 246 cm³/mol. The van der Waals surface area contributed by atoms with Crippen molar-refractivity contribution >= 4 is 53.2 Å². The van der Waals surface area contributed by atoms with Crippen LogP contribution in [-0.4, -0.2) is 118 Å². The molecule has 0 unspecified atom stereocenters. The van der Waals surface area contributed by atoms with Gasteiger partial charge in [-0.15, -0.1) is 0 Å². The van der Waals surface area contributed by atoms with Gasteiger partial charge in [0.1, 0.15) is 54.1 Å². The molecule has 67 heavy (non-hydrogen) atoms. The van der Waals surface area contributed by atoms with Crippen molar-refractivity contribution in [1.29, 1.82) is 0 Å². The van der Waals surface area contributed by atoms with Crippen molar-refractivity contribution in [2.75, 3.05) is 6.54 Å². The van der Waals surface area contributed by atoms with Crippen molar-refractivity contribution in [3.05, 3.63) is 65.7 Å². The average Bonchev–Trinajstić information content (AvgIpc) is 3.75. The summed E-state index contributed by atoms with van der Waals surface area (Å²) in [7, 11) is 0. The third-order valence-corrected chi connectivity index (χ3v) is 11.6. The molecular formula is C48H68N8O11. The SMILES string of the molecule is CC(C)CC(=O)N[C@@H](CCC(N)=O)C(=O)N[C@@H]1C(=O)N[C@@H](CC(C)C)C(=O)N2CCC[C@@H]2C(=O)N[C@@H](Cc2ccccc2)C(=O)N[C@@H](Cc2ccc(O)cc2)C(=O)N[C@@H](C(C)C)C(=O)O[C@@H]1C. The molecule has 9 N–H and O–H groups in total. The van der Waals surface area contributed by atoms with E-state index in [-0.39, 0.29) is 69.1 Å². The van der Waals surface area contributed by atoms with E-state index >= 15 is 0 Å². The van der Waals surface area contributed by atoms with Crippen LogP contribution in [0.1, 0.15) is 98.1 Å². The number of carbonyl (C=O) groups is 9. The van der Waals surface area contributed by atoms with E-state index in [1.54, 1.807) is 70.2 Å². The molecule has 2 heterocycles. The number of esters is 1. The minimum absolute atomic E-state index is 0.00932. The molecule has 2 aliphatic rings. The molecule has 0 radical (unpaired) electrons. The van der Waals surface area contributed by atoms with Gasteiger partial charge in [-0.25, -0.2) is 4.79 Å². The van der Waals surface area contributed by atoms with Crippen LogP contribution in [0, 0.1) is 17.8 Å². The van der Waals surface area contributed by atoms with Gasteiger partial charge in [-0.2, -0.15) is 0 Å². The van der Waals surface area contributed by atoms with E-state index in [0.29, 0.717) is 17.5 Å². The molecule has 0 bridgehead atoms. The summed E-state index contributed by atoms with van der Waals surface area (Å²) in [5, 5.41) is 26.2. The molecule has 2 fully saturated rings. The summed E-state index contributed by atoms with van der Waals surface area (Å²) in [6.45, 7) is 12.0. The molecule has 19 heteroatoms. The highest BCUT2D eigenvalue weighted by Crippen LogP contribution is 2.22. The number of nitrogens with one attached hydrogen (secondary N) is 6. The summed E-state index contributed by atoms with van der Waals surface area (Å²) in [6, 6.07) is 5.54. The molecule has 4 rings (SSSR count). The Hall–Kier alpha value is -6.53. The number of cyclic esters (lactones) is 1. The monoisotopic (exact) mass is 933 g/mol. The zero-order chi connectivity index (χ0) is 49.5. The number of carbonyl (C=O) groups excluding carboxylic acids is 9. The number of phenols is 1. The largest absolute Gasteiger partial charge is 0.508 e. The van der Waals surface area contributed by atoms with Gasteiger partial charge in [0.15, 0.2) is 0 Å². The summed E-state index contributed by atoms with van der Waals surface area (Å²) in [5.41, 5.74) is 6.62. The molecule has 2 saturated heterocycles. The number of rotatable bonds is 15. The normalized spacial score (nSPS) is 24.0. The van der Waals surface area contributed by atoms with E-state index in [4.69, 9.17) is 10.5 Å². The predicted octanol–water partition coefficient (Wildman–Crippen LogP) is 1.04. The van der Waals surface area contributed by atoms with Crippen LogP contribution in [0.25, 0.3) is 0 Å². The van der Waals surface area contributed by atoms with Gasteiger partial charge in [0.25, 0.3) is 0 Å². The molecule has 2 aromatic rings. The second kappa shape index (κ2) is 24.8. The maximum Gasteiger partial charge on any atom is 0.329 e. The van der Waals surface area contributed by atoms with Crippen LogP contribution in [-0.2, 0) is 60.7 Å². The van der Waals surface area contributed by atoms with Gasteiger partial charge >= 0.3 is 5.97 Å². The summed E-state index contributed by atoms with van der Waals surface area (Å²) >= 11 is 0. The Balaban J connectivity index is 1.82. The van der Waals surface area contributed by atoms with Gasteiger partial charge < -0.3 is 52.4 Å². The van der Waals surface area contributed by atoms with Crippen LogP contribution < -0.4 is 37.6 Å². The van der Waals surface area contributed by atoms with Gasteiger partial charge in [0.2, 0.25) is 47.3 Å². The smallest absolute Gasteiger partial charge is 0.329 e. The lowest BCUT2D eigenvalue weighted by atomic mass is 10.00. The van der Waals surface area contributed by atoms with Crippen LogP contribution >= 0.6 is 0 Å². The highest BCUT2D eigenvalue weighted by atomic mass is 16.5. The Morgan fingerprint density at radius 3 is 1.94 bits per heavy atom. The first-order chi connectivity index (χ1) is 31.6. The number of ether oxygens (including phenoxy) is 1. The van der Waals surface area contributed by atoms with E-state index < -0.39 is 108 Å². The highest BCUT2D eigenvalue weighted by Gasteiger charge is 2.42. The summed E-state index contributed by atoms with van der Waals surface area (Å²) < 4.78 is 5.88. The van der Waals surface area contributed by atoms with E-state index in [9.17, 15) is 48.3 Å². The fourth-order valence-electron chi connectivity index (χ4n) is 8.04. The Morgan fingerprint density at radius 2 is 1.36 bits per heavy atom. The summed E-state index contributed by atoms with van der Waals surface area (Å²) in [4.78, 5) is 126. The minimum Gasteiger partial charge on any atom is -0.508 e. The van der Waals surface area contributed by atoms with Crippen LogP contribution in [0.4, 0.5) is 0 Å². The van der Waals surface area contributed by atoms with Crippen LogP contribution in [0.5, 0.6) is 5.75 Å². The fourth-order valence-corrected chi connectivity index (χ4v) is 8.04. The van der Waals surface area contributed by atoms with Gasteiger partial charge in [0.05, 0.1) is 0 Å². The van der Waals surface area contributed by atoms with Crippen molar-refractivity contribution < 1.29 is 53.0 Å². The van der Waals surface area contributed by atoms with Gasteiger partial charge in [-0.05, 0) is 73.6 Å². The molecule has 366 valence electrons. The lowest BCUT2D eigenvalue weighted by Crippen LogP contribution is -2.61. The van der Waals surface area contributed by atoms with Crippen LogP contribution in [0.15, 0.2) is 54.6 Å². The van der Waals surface area contributed by atoms with Crippen molar-refractivity contribution in [3.8, 4) is 5.75 Å². The topological polar surface area (TPSA) is 285 Å². The van der Waals surface area contributed by atoms with E-state index in [1.165, 1.54) is 24.0 Å². The molecule has 8 atom stereocenters.